The van der Waals surface area contributed by atoms with Gasteiger partial charge in [-0.2, -0.15) is 15.0 Å². The molecule has 0 unspecified atom stereocenters. The van der Waals surface area contributed by atoms with Crippen LogP contribution in [0.15, 0.2) is 29.2 Å². The van der Waals surface area contributed by atoms with Gasteiger partial charge in [0.15, 0.2) is 0 Å². The summed E-state index contributed by atoms with van der Waals surface area (Å²) in [5, 5.41) is 3.08. The van der Waals surface area contributed by atoms with Gasteiger partial charge in [-0.1, -0.05) is 12.1 Å². The molecule has 2 aromatic rings. The molecule has 0 amide bonds. The number of nitrogens with one attached hydrogen (secondary N) is 1. The van der Waals surface area contributed by atoms with Crippen molar-refractivity contribution >= 4 is 23.7 Å². The van der Waals surface area contributed by atoms with Crippen molar-refractivity contribution in [2.24, 2.45) is 0 Å². The molecule has 6 nitrogen and oxygen atoms in total. The molecule has 1 heterocycles. The Morgan fingerprint density at radius 2 is 1.95 bits per heavy atom. The van der Waals surface area contributed by atoms with Crippen LogP contribution >= 0.6 is 11.8 Å². The SMILES string of the molecule is CCNc1nc(Oc2ccccc2SC)nc(N(C)C)n1. The zero-order valence-electron chi connectivity index (χ0n) is 12.6. The molecule has 2 rings (SSSR count). The largest absolute Gasteiger partial charge is 0.423 e. The average molecular weight is 305 g/mol. The van der Waals surface area contributed by atoms with E-state index >= 15 is 0 Å². The van der Waals surface area contributed by atoms with E-state index in [9.17, 15) is 0 Å². The molecule has 0 atom stereocenters. The summed E-state index contributed by atoms with van der Waals surface area (Å²) in [4.78, 5) is 15.8. The maximum Gasteiger partial charge on any atom is 0.328 e. The Balaban J connectivity index is 2.34. The smallest absolute Gasteiger partial charge is 0.328 e. The lowest BCUT2D eigenvalue weighted by Crippen LogP contribution is -2.15. The molecule has 1 N–H and O–H groups in total. The number of nitrogens with zero attached hydrogens (tertiary/aromatic N) is 4. The first kappa shape index (κ1) is 15.4. The number of benzene rings is 1. The first-order chi connectivity index (χ1) is 10.1. The lowest BCUT2D eigenvalue weighted by atomic mass is 10.3. The van der Waals surface area contributed by atoms with Gasteiger partial charge in [-0.05, 0) is 25.3 Å². The van der Waals surface area contributed by atoms with Gasteiger partial charge >= 0.3 is 6.01 Å². The third-order valence-corrected chi connectivity index (χ3v) is 3.39. The van der Waals surface area contributed by atoms with Crippen molar-refractivity contribution < 1.29 is 4.74 Å². The maximum absolute atomic E-state index is 5.83. The first-order valence-corrected chi connectivity index (χ1v) is 7.84. The topological polar surface area (TPSA) is 63.2 Å². The minimum Gasteiger partial charge on any atom is -0.423 e. The van der Waals surface area contributed by atoms with Crippen LogP contribution in [-0.2, 0) is 0 Å². The Kier molecular flexibility index (Phi) is 5.21. The Bertz CT molecular complexity index is 606. The molecule has 112 valence electrons. The molecule has 1 aromatic carbocycles. The summed E-state index contributed by atoms with van der Waals surface area (Å²) in [6, 6.07) is 8.08. The molecule has 1 aromatic heterocycles. The van der Waals surface area contributed by atoms with Crippen molar-refractivity contribution in [3.05, 3.63) is 24.3 Å². The van der Waals surface area contributed by atoms with Gasteiger partial charge in [0.2, 0.25) is 11.9 Å². The first-order valence-electron chi connectivity index (χ1n) is 6.62. The zero-order valence-corrected chi connectivity index (χ0v) is 13.4. The van der Waals surface area contributed by atoms with E-state index in [0.717, 1.165) is 17.2 Å². The summed E-state index contributed by atoms with van der Waals surface area (Å²) in [7, 11) is 3.76. The van der Waals surface area contributed by atoms with E-state index in [1.165, 1.54) is 0 Å². The Labute approximate surface area is 129 Å². The van der Waals surface area contributed by atoms with Crippen molar-refractivity contribution in [1.29, 1.82) is 0 Å². The summed E-state index contributed by atoms with van der Waals surface area (Å²) in [5.41, 5.74) is 0. The highest BCUT2D eigenvalue weighted by Crippen LogP contribution is 2.30. The van der Waals surface area contributed by atoms with Crippen molar-refractivity contribution in [3.63, 3.8) is 0 Å². The minimum atomic E-state index is 0.283. The summed E-state index contributed by atoms with van der Waals surface area (Å²) in [6.45, 7) is 2.72. The van der Waals surface area contributed by atoms with Crippen LogP contribution in [0.3, 0.4) is 0 Å². The second kappa shape index (κ2) is 7.12. The van der Waals surface area contributed by atoms with Crippen molar-refractivity contribution in [3.8, 4) is 11.8 Å². The number of hydrogen-bond donors (Lipinski definition) is 1. The number of ether oxygens (including phenoxy) is 1. The molecule has 0 aliphatic carbocycles. The fourth-order valence-corrected chi connectivity index (χ4v) is 2.16. The van der Waals surface area contributed by atoms with E-state index in [0.29, 0.717) is 11.9 Å². The second-order valence-corrected chi connectivity index (χ2v) is 5.27. The van der Waals surface area contributed by atoms with Crippen LogP contribution in [0.4, 0.5) is 11.9 Å². The van der Waals surface area contributed by atoms with Gasteiger partial charge in [-0.25, -0.2) is 0 Å². The van der Waals surface area contributed by atoms with Crippen molar-refractivity contribution in [1.82, 2.24) is 15.0 Å². The lowest BCUT2D eigenvalue weighted by Gasteiger charge is -2.14. The fraction of sp³-hybridized carbons (Fsp3) is 0.357. The van der Waals surface area contributed by atoms with Gasteiger partial charge in [0.1, 0.15) is 5.75 Å². The van der Waals surface area contributed by atoms with Crippen LogP contribution in [0, 0.1) is 0 Å². The van der Waals surface area contributed by atoms with Crippen LogP contribution in [-0.4, -0.2) is 41.8 Å². The maximum atomic E-state index is 5.83. The number of para-hydroxylation sites is 1. The number of rotatable bonds is 6. The molecule has 0 saturated heterocycles. The van der Waals surface area contributed by atoms with Crippen LogP contribution in [0.2, 0.25) is 0 Å². The highest BCUT2D eigenvalue weighted by atomic mass is 32.2. The average Bonchev–Trinajstić information content (AvgIpc) is 2.48. The molecule has 0 bridgehead atoms. The minimum absolute atomic E-state index is 0.283. The van der Waals surface area contributed by atoms with E-state index < -0.39 is 0 Å². The fourth-order valence-electron chi connectivity index (χ4n) is 1.63. The molecular weight excluding hydrogens is 286 g/mol. The monoisotopic (exact) mass is 305 g/mol. The highest BCUT2D eigenvalue weighted by Gasteiger charge is 2.11. The third-order valence-electron chi connectivity index (χ3n) is 2.61. The van der Waals surface area contributed by atoms with E-state index in [1.54, 1.807) is 11.8 Å². The Hall–Kier alpha value is -2.02. The predicted molar refractivity (Wildman–Crippen MR) is 86.6 cm³/mol. The molecule has 0 radical (unpaired) electrons. The van der Waals surface area contributed by atoms with E-state index in [2.05, 4.69) is 20.3 Å². The van der Waals surface area contributed by atoms with Crippen LogP contribution < -0.4 is 15.0 Å². The third kappa shape index (κ3) is 3.98. The number of hydrogen-bond acceptors (Lipinski definition) is 7. The van der Waals surface area contributed by atoms with Gasteiger partial charge in [0, 0.05) is 25.5 Å². The van der Waals surface area contributed by atoms with Gasteiger partial charge in [0.05, 0.1) is 0 Å². The summed E-state index contributed by atoms with van der Waals surface area (Å²) in [6.07, 6.45) is 2.00. The number of aromatic nitrogens is 3. The molecule has 0 fully saturated rings. The quantitative estimate of drug-likeness (QED) is 0.823. The van der Waals surface area contributed by atoms with Crippen LogP contribution in [0.25, 0.3) is 0 Å². The molecule has 0 aliphatic heterocycles. The number of anilines is 2. The Morgan fingerprint density at radius 1 is 1.19 bits per heavy atom. The van der Waals surface area contributed by atoms with E-state index in [1.807, 2.05) is 56.4 Å². The van der Waals surface area contributed by atoms with Crippen molar-refractivity contribution in [2.75, 3.05) is 37.1 Å². The number of thioether (sulfide) groups is 1. The van der Waals surface area contributed by atoms with Gasteiger partial charge in [-0.15, -0.1) is 11.8 Å². The molecule has 21 heavy (non-hydrogen) atoms. The van der Waals surface area contributed by atoms with Gasteiger partial charge in [0.25, 0.3) is 0 Å². The van der Waals surface area contributed by atoms with E-state index in [4.69, 9.17) is 4.74 Å². The summed E-state index contributed by atoms with van der Waals surface area (Å²) in [5.74, 6) is 1.80. The van der Waals surface area contributed by atoms with Crippen LogP contribution in [0.5, 0.6) is 11.8 Å². The van der Waals surface area contributed by atoms with Gasteiger partial charge < -0.3 is 15.0 Å². The summed E-state index contributed by atoms with van der Waals surface area (Å²) >= 11 is 1.62. The zero-order chi connectivity index (χ0) is 15.2. The van der Waals surface area contributed by atoms with E-state index in [-0.39, 0.29) is 6.01 Å². The molecule has 7 heteroatoms. The second-order valence-electron chi connectivity index (χ2n) is 4.42. The van der Waals surface area contributed by atoms with Crippen molar-refractivity contribution in [2.45, 2.75) is 11.8 Å². The molecular formula is C14H19N5OS. The van der Waals surface area contributed by atoms with Gasteiger partial charge in [-0.3, -0.25) is 0 Å². The standard InChI is InChI=1S/C14H19N5OS/c1-5-15-12-16-13(19(2)3)18-14(17-12)20-10-8-6-7-9-11(10)21-4/h6-9H,5H2,1-4H3,(H,15,16,17,18). The molecule has 0 aliphatic rings. The lowest BCUT2D eigenvalue weighted by molar-refractivity contribution is 0.431. The summed E-state index contributed by atoms with van der Waals surface area (Å²) < 4.78 is 5.83. The van der Waals surface area contributed by atoms with Crippen LogP contribution in [0.1, 0.15) is 6.92 Å². The molecule has 0 spiro atoms. The normalized spacial score (nSPS) is 10.3. The highest BCUT2D eigenvalue weighted by molar-refractivity contribution is 7.98. The predicted octanol–water partition coefficient (Wildman–Crippen LogP) is 2.88. The molecule has 0 saturated carbocycles. The Morgan fingerprint density at radius 3 is 2.62 bits per heavy atom.